The fourth-order valence-electron chi connectivity index (χ4n) is 1.08. The van der Waals surface area contributed by atoms with E-state index in [4.69, 9.17) is 16.3 Å². The monoisotopic (exact) mass is 246 g/mol. The molecule has 1 aliphatic rings. The van der Waals surface area contributed by atoms with E-state index in [1.807, 2.05) is 0 Å². The first-order valence-electron chi connectivity index (χ1n) is 4.22. The van der Waals surface area contributed by atoms with Gasteiger partial charge in [-0.05, 0) is 6.07 Å². The van der Waals surface area contributed by atoms with Crippen molar-refractivity contribution >= 4 is 29.1 Å². The van der Waals surface area contributed by atoms with Crippen molar-refractivity contribution < 1.29 is 9.66 Å². The minimum Gasteiger partial charge on any atom is -0.379 e. The highest BCUT2D eigenvalue weighted by atomic mass is 35.5. The molecule has 0 N–H and O–H groups in total. The van der Waals surface area contributed by atoms with Gasteiger partial charge in [0.05, 0.1) is 23.4 Å². The Bertz CT molecular complexity index is 397. The summed E-state index contributed by atoms with van der Waals surface area (Å²) in [5.74, 6) is 0. The van der Waals surface area contributed by atoms with Crippen LogP contribution in [-0.2, 0) is 4.74 Å². The molecule has 1 aromatic rings. The van der Waals surface area contributed by atoms with E-state index in [9.17, 15) is 10.1 Å². The minimum atomic E-state index is -0.453. The zero-order valence-electron chi connectivity index (χ0n) is 7.55. The predicted molar refractivity (Wildman–Crippen MR) is 56.4 cm³/mol. The third-order valence-corrected chi connectivity index (χ3v) is 3.23. The van der Waals surface area contributed by atoms with E-state index in [2.05, 4.69) is 4.98 Å². The fraction of sp³-hybridized carbons (Fsp3) is 0.375. The molecule has 1 saturated heterocycles. The summed E-state index contributed by atoms with van der Waals surface area (Å²) in [6.07, 6.45) is 0. The molecule has 0 saturated carbocycles. The van der Waals surface area contributed by atoms with Crippen molar-refractivity contribution in [3.63, 3.8) is 0 Å². The maximum atomic E-state index is 10.7. The van der Waals surface area contributed by atoms with Crippen molar-refractivity contribution in [2.45, 2.75) is 10.3 Å². The molecular formula is C8H7ClN2O3S. The molecule has 0 bridgehead atoms. The Hall–Kier alpha value is -0.850. The lowest BCUT2D eigenvalue weighted by atomic mass is 10.4. The quantitative estimate of drug-likeness (QED) is 0.464. The van der Waals surface area contributed by atoms with Crippen LogP contribution in [0.1, 0.15) is 0 Å². The normalized spacial score (nSPS) is 16.1. The first kappa shape index (κ1) is 10.7. The van der Waals surface area contributed by atoms with Crippen LogP contribution in [0.3, 0.4) is 0 Å². The van der Waals surface area contributed by atoms with Crippen molar-refractivity contribution in [3.05, 3.63) is 27.4 Å². The average molecular weight is 247 g/mol. The van der Waals surface area contributed by atoms with E-state index in [-0.39, 0.29) is 16.1 Å². The third kappa shape index (κ3) is 2.39. The van der Waals surface area contributed by atoms with Crippen LogP contribution in [0.15, 0.2) is 17.2 Å². The van der Waals surface area contributed by atoms with Gasteiger partial charge in [-0.15, -0.1) is 0 Å². The second kappa shape index (κ2) is 4.34. The summed E-state index contributed by atoms with van der Waals surface area (Å²) < 4.78 is 4.99. The van der Waals surface area contributed by atoms with Crippen LogP contribution >= 0.6 is 23.4 Å². The van der Waals surface area contributed by atoms with Gasteiger partial charge in [-0.2, -0.15) is 0 Å². The Morgan fingerprint density at radius 3 is 2.87 bits per heavy atom. The van der Waals surface area contributed by atoms with Gasteiger partial charge in [0.1, 0.15) is 5.15 Å². The molecule has 0 aliphatic carbocycles. The zero-order chi connectivity index (χ0) is 10.8. The Morgan fingerprint density at radius 2 is 2.33 bits per heavy atom. The molecule has 7 heteroatoms. The number of halogens is 1. The summed E-state index contributed by atoms with van der Waals surface area (Å²) in [5, 5.41) is 11.6. The lowest BCUT2D eigenvalue weighted by molar-refractivity contribution is -0.388. The number of nitro groups is 1. The second-order valence-electron chi connectivity index (χ2n) is 2.99. The fourth-order valence-corrected chi connectivity index (χ4v) is 2.33. The minimum absolute atomic E-state index is 0.00343. The molecule has 80 valence electrons. The summed E-state index contributed by atoms with van der Waals surface area (Å²) in [6.45, 7) is 1.21. The van der Waals surface area contributed by atoms with Crippen LogP contribution in [0.4, 0.5) is 5.69 Å². The number of pyridine rings is 1. The molecule has 1 fully saturated rings. The summed E-state index contributed by atoms with van der Waals surface area (Å²) in [5.41, 5.74) is -0.00343. The Labute approximate surface area is 94.9 Å². The number of aromatic nitrogens is 1. The first-order chi connectivity index (χ1) is 7.16. The van der Waals surface area contributed by atoms with E-state index >= 15 is 0 Å². The molecule has 2 rings (SSSR count). The van der Waals surface area contributed by atoms with Gasteiger partial charge in [0.15, 0.2) is 5.03 Å². The smallest absolute Gasteiger partial charge is 0.301 e. The summed E-state index contributed by atoms with van der Waals surface area (Å²) in [4.78, 5) is 14.2. The Balaban J connectivity index is 2.24. The van der Waals surface area contributed by atoms with Gasteiger partial charge in [-0.1, -0.05) is 23.4 Å². The number of hydrogen-bond donors (Lipinski definition) is 0. The first-order valence-corrected chi connectivity index (χ1v) is 5.48. The maximum absolute atomic E-state index is 10.7. The molecule has 15 heavy (non-hydrogen) atoms. The topological polar surface area (TPSA) is 65.3 Å². The van der Waals surface area contributed by atoms with E-state index in [1.165, 1.54) is 23.9 Å². The van der Waals surface area contributed by atoms with E-state index in [0.29, 0.717) is 18.2 Å². The highest BCUT2D eigenvalue weighted by Crippen LogP contribution is 2.33. The highest BCUT2D eigenvalue weighted by molar-refractivity contribution is 8.00. The molecule has 5 nitrogen and oxygen atoms in total. The number of rotatable bonds is 3. The van der Waals surface area contributed by atoms with Crippen LogP contribution in [0.5, 0.6) is 0 Å². The van der Waals surface area contributed by atoms with Crippen molar-refractivity contribution in [2.24, 2.45) is 0 Å². The molecule has 0 amide bonds. The standard InChI is InChI=1S/C8H7ClN2O3S/c9-7-2-1-6(11(12)13)8(10-7)15-5-3-14-4-5/h1-2,5H,3-4H2. The van der Waals surface area contributed by atoms with Crippen molar-refractivity contribution in [1.29, 1.82) is 0 Å². The molecule has 0 spiro atoms. The highest BCUT2D eigenvalue weighted by Gasteiger charge is 2.25. The van der Waals surface area contributed by atoms with E-state index < -0.39 is 4.92 Å². The molecule has 1 aromatic heterocycles. The SMILES string of the molecule is O=[N+]([O-])c1ccc(Cl)nc1SC1COC1. The number of ether oxygens (including phenoxy) is 1. The van der Waals surface area contributed by atoms with Gasteiger partial charge in [0.25, 0.3) is 0 Å². The van der Waals surface area contributed by atoms with E-state index in [0.717, 1.165) is 0 Å². The molecule has 1 aliphatic heterocycles. The van der Waals surface area contributed by atoms with Crippen LogP contribution in [0, 0.1) is 10.1 Å². The van der Waals surface area contributed by atoms with Crippen molar-refractivity contribution in [1.82, 2.24) is 4.98 Å². The molecule has 2 heterocycles. The summed E-state index contributed by atoms with van der Waals surface area (Å²) in [6, 6.07) is 2.79. The van der Waals surface area contributed by atoms with Gasteiger partial charge >= 0.3 is 5.69 Å². The predicted octanol–water partition coefficient (Wildman–Crippen LogP) is 2.13. The Morgan fingerprint density at radius 1 is 1.60 bits per heavy atom. The maximum Gasteiger partial charge on any atom is 0.301 e. The van der Waals surface area contributed by atoms with Crippen molar-refractivity contribution in [3.8, 4) is 0 Å². The van der Waals surface area contributed by atoms with Gasteiger partial charge in [-0.25, -0.2) is 4.98 Å². The van der Waals surface area contributed by atoms with Crippen LogP contribution in [-0.4, -0.2) is 28.4 Å². The van der Waals surface area contributed by atoms with Crippen LogP contribution < -0.4 is 0 Å². The zero-order valence-corrected chi connectivity index (χ0v) is 9.12. The number of nitrogens with zero attached hydrogens (tertiary/aromatic N) is 2. The van der Waals surface area contributed by atoms with Crippen LogP contribution in [0.2, 0.25) is 5.15 Å². The van der Waals surface area contributed by atoms with Crippen molar-refractivity contribution in [2.75, 3.05) is 13.2 Å². The number of hydrogen-bond acceptors (Lipinski definition) is 5. The molecule has 0 aromatic carbocycles. The summed E-state index contributed by atoms with van der Waals surface area (Å²) >= 11 is 7.03. The molecule has 0 unspecified atom stereocenters. The summed E-state index contributed by atoms with van der Waals surface area (Å²) in [7, 11) is 0. The lowest BCUT2D eigenvalue weighted by Crippen LogP contribution is -2.30. The lowest BCUT2D eigenvalue weighted by Gasteiger charge is -2.24. The van der Waals surface area contributed by atoms with Gasteiger partial charge in [0.2, 0.25) is 0 Å². The van der Waals surface area contributed by atoms with E-state index in [1.54, 1.807) is 0 Å². The molecular weight excluding hydrogens is 240 g/mol. The molecule has 0 radical (unpaired) electrons. The largest absolute Gasteiger partial charge is 0.379 e. The van der Waals surface area contributed by atoms with Gasteiger partial charge < -0.3 is 4.74 Å². The van der Waals surface area contributed by atoms with Gasteiger partial charge in [0, 0.05) is 6.07 Å². The van der Waals surface area contributed by atoms with Gasteiger partial charge in [-0.3, -0.25) is 10.1 Å². The Kier molecular flexibility index (Phi) is 3.08. The second-order valence-corrected chi connectivity index (χ2v) is 4.67. The molecule has 0 atom stereocenters. The van der Waals surface area contributed by atoms with Crippen LogP contribution in [0.25, 0.3) is 0 Å². The number of thioether (sulfide) groups is 1. The average Bonchev–Trinajstić information content (AvgIpc) is 2.11. The third-order valence-electron chi connectivity index (χ3n) is 1.89.